The van der Waals surface area contributed by atoms with Gasteiger partial charge in [0.05, 0.1) is 11.2 Å². The lowest BCUT2D eigenvalue weighted by Gasteiger charge is -2.05. The number of fused-ring (bicyclic) bond motifs is 1. The maximum absolute atomic E-state index is 4.57. The Kier molecular flexibility index (Phi) is 4.65. The van der Waals surface area contributed by atoms with Gasteiger partial charge in [-0.05, 0) is 24.6 Å². The van der Waals surface area contributed by atoms with Gasteiger partial charge >= 0.3 is 0 Å². The fraction of sp³-hybridized carbons (Fsp3) is 0.188. The first-order valence-electron chi connectivity index (χ1n) is 5.91. The summed E-state index contributed by atoms with van der Waals surface area (Å²) < 4.78 is 0. The van der Waals surface area contributed by atoms with Gasteiger partial charge in [0.25, 0.3) is 0 Å². The van der Waals surface area contributed by atoms with Gasteiger partial charge < -0.3 is 0 Å². The fourth-order valence-corrected chi connectivity index (χ4v) is 1.70. The number of benzene rings is 1. The van der Waals surface area contributed by atoms with Gasteiger partial charge in [-0.1, -0.05) is 51.3 Å². The average molecular weight is 225 g/mol. The Hall–Kier alpha value is -1.89. The van der Waals surface area contributed by atoms with Crippen molar-refractivity contribution >= 4 is 23.1 Å². The van der Waals surface area contributed by atoms with E-state index in [1.807, 2.05) is 26.0 Å². The molecule has 0 radical (unpaired) electrons. The summed E-state index contributed by atoms with van der Waals surface area (Å²) in [6.45, 7) is 13.6. The van der Waals surface area contributed by atoms with E-state index in [4.69, 9.17) is 0 Å². The molecule has 2 aromatic rings. The molecule has 0 atom stereocenters. The standard InChI is InChI=1S/C14H13N.C2H6/c1-4-11-9-12-8-6-7-10(3)14(12)15-13(11)5-2;1-2/h4-9H,1-2H2,3H3;1-2H3. The summed E-state index contributed by atoms with van der Waals surface area (Å²) >= 11 is 0. The van der Waals surface area contributed by atoms with Gasteiger partial charge in [-0.2, -0.15) is 0 Å². The van der Waals surface area contributed by atoms with Crippen LogP contribution in [0.3, 0.4) is 0 Å². The highest BCUT2D eigenvalue weighted by Crippen LogP contribution is 2.21. The lowest BCUT2D eigenvalue weighted by Crippen LogP contribution is -1.90. The van der Waals surface area contributed by atoms with E-state index < -0.39 is 0 Å². The van der Waals surface area contributed by atoms with Crippen molar-refractivity contribution in [2.24, 2.45) is 0 Å². The van der Waals surface area contributed by atoms with E-state index in [1.165, 1.54) is 5.56 Å². The second-order valence-corrected chi connectivity index (χ2v) is 3.52. The SMILES string of the molecule is C=Cc1cc2cccc(C)c2nc1C=C.CC. The molecule has 0 spiro atoms. The number of aromatic nitrogens is 1. The average Bonchev–Trinajstić information content (AvgIpc) is 2.40. The molecule has 0 saturated carbocycles. The van der Waals surface area contributed by atoms with Crippen molar-refractivity contribution in [1.29, 1.82) is 0 Å². The summed E-state index contributed by atoms with van der Waals surface area (Å²) in [7, 11) is 0. The molecule has 0 aliphatic heterocycles. The van der Waals surface area contributed by atoms with E-state index in [1.54, 1.807) is 6.08 Å². The maximum Gasteiger partial charge on any atom is 0.0738 e. The summed E-state index contributed by atoms with van der Waals surface area (Å²) in [5.41, 5.74) is 4.15. The van der Waals surface area contributed by atoms with Crippen LogP contribution in [-0.4, -0.2) is 4.98 Å². The highest BCUT2D eigenvalue weighted by atomic mass is 14.7. The first-order chi connectivity index (χ1) is 8.26. The summed E-state index contributed by atoms with van der Waals surface area (Å²) in [5, 5.41) is 1.15. The minimum Gasteiger partial charge on any atom is -0.248 e. The van der Waals surface area contributed by atoms with Crippen LogP contribution in [0.1, 0.15) is 30.7 Å². The van der Waals surface area contributed by atoms with Crippen LogP contribution in [0.5, 0.6) is 0 Å². The number of hydrogen-bond donors (Lipinski definition) is 0. The third-order valence-corrected chi connectivity index (χ3v) is 2.52. The molecule has 0 fully saturated rings. The quantitative estimate of drug-likeness (QED) is 0.711. The number of rotatable bonds is 2. The number of nitrogens with zero attached hydrogens (tertiary/aromatic N) is 1. The molecule has 1 aromatic heterocycles. The zero-order valence-corrected chi connectivity index (χ0v) is 10.8. The molecule has 1 heteroatoms. The van der Waals surface area contributed by atoms with Gasteiger partial charge in [-0.15, -0.1) is 0 Å². The lowest BCUT2D eigenvalue weighted by molar-refractivity contribution is 1.33. The van der Waals surface area contributed by atoms with Crippen molar-refractivity contribution in [3.8, 4) is 0 Å². The Balaban J connectivity index is 0.000000686. The first-order valence-corrected chi connectivity index (χ1v) is 5.91. The monoisotopic (exact) mass is 225 g/mol. The van der Waals surface area contributed by atoms with Crippen molar-refractivity contribution in [2.45, 2.75) is 20.8 Å². The number of pyridine rings is 1. The summed E-state index contributed by atoms with van der Waals surface area (Å²) in [4.78, 5) is 4.57. The largest absolute Gasteiger partial charge is 0.248 e. The zero-order valence-electron chi connectivity index (χ0n) is 10.8. The Bertz CT molecular complexity index is 538. The first kappa shape index (κ1) is 13.2. The Morgan fingerprint density at radius 3 is 2.41 bits per heavy atom. The second-order valence-electron chi connectivity index (χ2n) is 3.52. The molecule has 0 aliphatic carbocycles. The highest BCUT2D eigenvalue weighted by molar-refractivity contribution is 5.85. The minimum absolute atomic E-state index is 0.895. The van der Waals surface area contributed by atoms with Crippen molar-refractivity contribution in [1.82, 2.24) is 4.98 Å². The molecule has 0 aliphatic rings. The summed E-state index contributed by atoms with van der Waals surface area (Å²) in [5.74, 6) is 0. The second kappa shape index (κ2) is 6.00. The number of aryl methyl sites for hydroxylation is 1. The zero-order chi connectivity index (χ0) is 12.8. The summed E-state index contributed by atoms with van der Waals surface area (Å²) in [6.07, 6.45) is 3.58. The highest BCUT2D eigenvalue weighted by Gasteiger charge is 2.02. The van der Waals surface area contributed by atoms with Crippen molar-refractivity contribution < 1.29 is 0 Å². The Morgan fingerprint density at radius 2 is 1.82 bits per heavy atom. The predicted molar refractivity (Wildman–Crippen MR) is 78.0 cm³/mol. The van der Waals surface area contributed by atoms with Gasteiger partial charge in [0.1, 0.15) is 0 Å². The molecule has 1 nitrogen and oxygen atoms in total. The third-order valence-electron chi connectivity index (χ3n) is 2.52. The normalized spacial score (nSPS) is 9.35. The molecule has 1 aromatic carbocycles. The lowest BCUT2D eigenvalue weighted by atomic mass is 10.1. The van der Waals surface area contributed by atoms with Crippen LogP contribution in [0.2, 0.25) is 0 Å². The molecule has 0 N–H and O–H groups in total. The van der Waals surface area contributed by atoms with Crippen molar-refractivity contribution in [3.05, 3.63) is 54.2 Å². The maximum atomic E-state index is 4.57. The van der Waals surface area contributed by atoms with Crippen LogP contribution in [0.25, 0.3) is 23.1 Å². The van der Waals surface area contributed by atoms with E-state index in [0.29, 0.717) is 0 Å². The Morgan fingerprint density at radius 1 is 1.12 bits per heavy atom. The smallest absolute Gasteiger partial charge is 0.0738 e. The van der Waals surface area contributed by atoms with E-state index >= 15 is 0 Å². The molecule has 0 saturated heterocycles. The van der Waals surface area contributed by atoms with E-state index in [2.05, 4.69) is 43.3 Å². The van der Waals surface area contributed by atoms with E-state index in [0.717, 1.165) is 22.2 Å². The van der Waals surface area contributed by atoms with Crippen LogP contribution in [-0.2, 0) is 0 Å². The predicted octanol–water partition coefficient (Wildman–Crippen LogP) is 4.86. The minimum atomic E-state index is 0.895. The number of para-hydroxylation sites is 1. The molecular formula is C16H19N. The van der Waals surface area contributed by atoms with Crippen LogP contribution >= 0.6 is 0 Å². The van der Waals surface area contributed by atoms with Crippen LogP contribution in [0, 0.1) is 6.92 Å². The van der Waals surface area contributed by atoms with Crippen molar-refractivity contribution in [3.63, 3.8) is 0 Å². The number of hydrogen-bond acceptors (Lipinski definition) is 1. The molecule has 0 amide bonds. The Labute approximate surface area is 104 Å². The fourth-order valence-electron chi connectivity index (χ4n) is 1.70. The molecule has 1 heterocycles. The molecular weight excluding hydrogens is 206 g/mol. The van der Waals surface area contributed by atoms with Gasteiger partial charge in [0.15, 0.2) is 0 Å². The van der Waals surface area contributed by atoms with Gasteiger partial charge in [-0.3, -0.25) is 0 Å². The molecule has 0 bridgehead atoms. The van der Waals surface area contributed by atoms with E-state index in [9.17, 15) is 0 Å². The van der Waals surface area contributed by atoms with Crippen LogP contribution < -0.4 is 0 Å². The molecule has 17 heavy (non-hydrogen) atoms. The molecule has 0 unspecified atom stereocenters. The molecule has 2 rings (SSSR count). The van der Waals surface area contributed by atoms with E-state index in [-0.39, 0.29) is 0 Å². The van der Waals surface area contributed by atoms with Crippen molar-refractivity contribution in [2.75, 3.05) is 0 Å². The van der Waals surface area contributed by atoms with Gasteiger partial charge in [0, 0.05) is 10.9 Å². The third kappa shape index (κ3) is 2.62. The summed E-state index contributed by atoms with van der Waals surface area (Å²) in [6, 6.07) is 8.27. The van der Waals surface area contributed by atoms with Gasteiger partial charge in [0.2, 0.25) is 0 Å². The van der Waals surface area contributed by atoms with Gasteiger partial charge in [-0.25, -0.2) is 4.98 Å². The van der Waals surface area contributed by atoms with Crippen LogP contribution in [0.15, 0.2) is 37.4 Å². The van der Waals surface area contributed by atoms with Crippen LogP contribution in [0.4, 0.5) is 0 Å². The topological polar surface area (TPSA) is 12.9 Å². The molecule has 88 valence electrons.